The Balaban J connectivity index is 1.70. The summed E-state index contributed by atoms with van der Waals surface area (Å²) in [6, 6.07) is 3.90. The number of aromatic nitrogens is 2. The molecule has 3 rings (SSSR count). The maximum Gasteiger partial charge on any atom is 0.356 e. The van der Waals surface area contributed by atoms with Crippen molar-refractivity contribution in [3.05, 3.63) is 17.8 Å². The molecule has 0 aromatic carbocycles. The van der Waals surface area contributed by atoms with Gasteiger partial charge in [0.15, 0.2) is 11.5 Å². The predicted octanol–water partition coefficient (Wildman–Crippen LogP) is 0.849. The Kier molecular flexibility index (Phi) is 3.33. The SMILES string of the molecule is O=C(O)c1ccc(N2CCN3CCCCC3C2)nn1. The van der Waals surface area contributed by atoms with Crippen LogP contribution in [0.25, 0.3) is 0 Å². The Morgan fingerprint density at radius 3 is 2.84 bits per heavy atom. The highest BCUT2D eigenvalue weighted by atomic mass is 16.4. The van der Waals surface area contributed by atoms with Gasteiger partial charge in [-0.25, -0.2) is 4.79 Å². The van der Waals surface area contributed by atoms with E-state index in [1.165, 1.54) is 31.9 Å². The van der Waals surface area contributed by atoms with E-state index in [4.69, 9.17) is 5.11 Å². The number of piperidine rings is 1. The van der Waals surface area contributed by atoms with Crippen LogP contribution in [0.5, 0.6) is 0 Å². The average Bonchev–Trinajstić information content (AvgIpc) is 2.47. The van der Waals surface area contributed by atoms with Crippen LogP contribution in [0, 0.1) is 0 Å². The van der Waals surface area contributed by atoms with Crippen LogP contribution in [0.4, 0.5) is 5.82 Å². The van der Waals surface area contributed by atoms with Gasteiger partial charge in [-0.05, 0) is 31.5 Å². The molecule has 2 saturated heterocycles. The molecule has 2 aliphatic heterocycles. The minimum atomic E-state index is -1.03. The van der Waals surface area contributed by atoms with Crippen molar-refractivity contribution in [1.82, 2.24) is 15.1 Å². The fourth-order valence-corrected chi connectivity index (χ4v) is 2.97. The summed E-state index contributed by atoms with van der Waals surface area (Å²) in [7, 11) is 0. The van der Waals surface area contributed by atoms with Gasteiger partial charge in [0.1, 0.15) is 0 Å². The van der Waals surface area contributed by atoms with E-state index in [2.05, 4.69) is 20.0 Å². The highest BCUT2D eigenvalue weighted by Gasteiger charge is 2.29. The highest BCUT2D eigenvalue weighted by Crippen LogP contribution is 2.23. The fourth-order valence-electron chi connectivity index (χ4n) is 2.97. The Labute approximate surface area is 112 Å². The molecule has 1 N–H and O–H groups in total. The van der Waals surface area contributed by atoms with Gasteiger partial charge in [0.05, 0.1) is 0 Å². The van der Waals surface area contributed by atoms with Crippen LogP contribution >= 0.6 is 0 Å². The van der Waals surface area contributed by atoms with Crippen molar-refractivity contribution >= 4 is 11.8 Å². The number of hydrogen-bond acceptors (Lipinski definition) is 5. The zero-order valence-electron chi connectivity index (χ0n) is 10.8. The molecule has 0 spiro atoms. The Morgan fingerprint density at radius 2 is 2.11 bits per heavy atom. The first kappa shape index (κ1) is 12.3. The predicted molar refractivity (Wildman–Crippen MR) is 70.4 cm³/mol. The maximum absolute atomic E-state index is 10.8. The first-order valence-electron chi connectivity index (χ1n) is 6.80. The molecule has 0 radical (unpaired) electrons. The molecule has 0 saturated carbocycles. The lowest BCUT2D eigenvalue weighted by Gasteiger charge is -2.44. The van der Waals surface area contributed by atoms with Gasteiger partial charge in [0.25, 0.3) is 0 Å². The molecule has 3 heterocycles. The Morgan fingerprint density at radius 1 is 1.21 bits per heavy atom. The lowest BCUT2D eigenvalue weighted by Crippen LogP contribution is -2.55. The number of nitrogens with zero attached hydrogens (tertiary/aromatic N) is 4. The van der Waals surface area contributed by atoms with E-state index in [0.29, 0.717) is 6.04 Å². The van der Waals surface area contributed by atoms with Crippen molar-refractivity contribution < 1.29 is 9.90 Å². The number of carboxylic acids is 1. The van der Waals surface area contributed by atoms with Crippen molar-refractivity contribution in [2.24, 2.45) is 0 Å². The number of rotatable bonds is 2. The molecule has 19 heavy (non-hydrogen) atoms. The lowest BCUT2D eigenvalue weighted by molar-refractivity contribution is 0.0689. The first-order valence-corrected chi connectivity index (χ1v) is 6.80. The van der Waals surface area contributed by atoms with E-state index < -0.39 is 5.97 Å². The second kappa shape index (κ2) is 5.13. The molecule has 1 unspecified atom stereocenters. The molecule has 1 aromatic heterocycles. The summed E-state index contributed by atoms with van der Waals surface area (Å²) < 4.78 is 0. The summed E-state index contributed by atoms with van der Waals surface area (Å²) in [5.41, 5.74) is 0.0000485. The molecule has 0 aliphatic carbocycles. The zero-order chi connectivity index (χ0) is 13.2. The van der Waals surface area contributed by atoms with Gasteiger partial charge in [-0.1, -0.05) is 6.42 Å². The monoisotopic (exact) mass is 262 g/mol. The standard InChI is InChI=1S/C13H18N4O2/c18-13(19)11-4-5-12(15-14-11)17-8-7-16-6-2-1-3-10(16)9-17/h4-5,10H,1-3,6-9H2,(H,18,19). The van der Waals surface area contributed by atoms with Crippen LogP contribution < -0.4 is 4.90 Å². The van der Waals surface area contributed by atoms with Crippen LogP contribution in [-0.4, -0.2) is 58.4 Å². The number of piperazine rings is 1. The Hall–Kier alpha value is -1.69. The zero-order valence-corrected chi connectivity index (χ0v) is 10.8. The van der Waals surface area contributed by atoms with Gasteiger partial charge in [-0.15, -0.1) is 10.2 Å². The van der Waals surface area contributed by atoms with Gasteiger partial charge >= 0.3 is 5.97 Å². The summed E-state index contributed by atoms with van der Waals surface area (Å²) in [5.74, 6) is -0.244. The van der Waals surface area contributed by atoms with Gasteiger partial charge in [-0.3, -0.25) is 4.90 Å². The normalized spacial score (nSPS) is 24.0. The molecule has 0 bridgehead atoms. The third-order valence-corrected chi connectivity index (χ3v) is 4.03. The number of hydrogen-bond donors (Lipinski definition) is 1. The minimum absolute atomic E-state index is 0.0000485. The van der Waals surface area contributed by atoms with E-state index in [0.717, 1.165) is 25.5 Å². The summed E-state index contributed by atoms with van der Waals surface area (Å²) >= 11 is 0. The molecule has 102 valence electrons. The molecule has 6 nitrogen and oxygen atoms in total. The van der Waals surface area contributed by atoms with Gasteiger partial charge in [0, 0.05) is 25.7 Å². The molecule has 1 aromatic rings. The summed E-state index contributed by atoms with van der Waals surface area (Å²) in [4.78, 5) is 15.5. The second-order valence-corrected chi connectivity index (χ2v) is 5.21. The van der Waals surface area contributed by atoms with Crippen molar-refractivity contribution in [2.75, 3.05) is 31.1 Å². The van der Waals surface area contributed by atoms with Crippen LogP contribution in [0.3, 0.4) is 0 Å². The molecular formula is C13H18N4O2. The maximum atomic E-state index is 10.8. The van der Waals surface area contributed by atoms with Crippen LogP contribution in [-0.2, 0) is 0 Å². The average molecular weight is 262 g/mol. The number of fused-ring (bicyclic) bond motifs is 1. The van der Waals surface area contributed by atoms with Crippen LogP contribution in [0.1, 0.15) is 29.8 Å². The highest BCUT2D eigenvalue weighted by molar-refractivity contribution is 5.85. The smallest absolute Gasteiger partial charge is 0.356 e. The van der Waals surface area contributed by atoms with Crippen LogP contribution in [0.2, 0.25) is 0 Å². The lowest BCUT2D eigenvalue weighted by atomic mass is 9.99. The van der Waals surface area contributed by atoms with Gasteiger partial charge < -0.3 is 10.0 Å². The van der Waals surface area contributed by atoms with Crippen molar-refractivity contribution in [3.63, 3.8) is 0 Å². The Bertz CT molecular complexity index is 462. The summed E-state index contributed by atoms with van der Waals surface area (Å²) in [5, 5.41) is 16.6. The molecular weight excluding hydrogens is 244 g/mol. The quantitative estimate of drug-likeness (QED) is 0.852. The number of anilines is 1. The topological polar surface area (TPSA) is 69.6 Å². The van der Waals surface area contributed by atoms with Crippen molar-refractivity contribution in [2.45, 2.75) is 25.3 Å². The van der Waals surface area contributed by atoms with E-state index >= 15 is 0 Å². The van der Waals surface area contributed by atoms with E-state index in [1.807, 2.05) is 0 Å². The van der Waals surface area contributed by atoms with Crippen molar-refractivity contribution in [1.29, 1.82) is 0 Å². The minimum Gasteiger partial charge on any atom is -0.476 e. The molecule has 0 amide bonds. The summed E-state index contributed by atoms with van der Waals surface area (Å²) in [6.45, 7) is 4.19. The third-order valence-electron chi connectivity index (χ3n) is 4.03. The third kappa shape index (κ3) is 2.53. The van der Waals surface area contributed by atoms with Gasteiger partial charge in [0.2, 0.25) is 0 Å². The second-order valence-electron chi connectivity index (χ2n) is 5.21. The summed E-state index contributed by atoms with van der Waals surface area (Å²) in [6.07, 6.45) is 3.86. The molecule has 1 atom stereocenters. The van der Waals surface area contributed by atoms with E-state index in [-0.39, 0.29) is 5.69 Å². The fraction of sp³-hybridized carbons (Fsp3) is 0.615. The van der Waals surface area contributed by atoms with Gasteiger partial charge in [-0.2, -0.15) is 0 Å². The first-order chi connectivity index (χ1) is 9.24. The van der Waals surface area contributed by atoms with E-state index in [1.54, 1.807) is 6.07 Å². The molecule has 6 heteroatoms. The number of aromatic carboxylic acids is 1. The number of carbonyl (C=O) groups is 1. The van der Waals surface area contributed by atoms with E-state index in [9.17, 15) is 4.79 Å². The van der Waals surface area contributed by atoms with Crippen LogP contribution in [0.15, 0.2) is 12.1 Å². The largest absolute Gasteiger partial charge is 0.476 e. The molecule has 2 fully saturated rings. The number of carboxylic acid groups (broad SMARTS) is 1. The van der Waals surface area contributed by atoms with Crippen molar-refractivity contribution in [3.8, 4) is 0 Å². The molecule has 2 aliphatic rings.